The van der Waals surface area contributed by atoms with E-state index >= 15 is 0 Å². The molecule has 0 spiro atoms. The first-order chi connectivity index (χ1) is 7.47. The Kier molecular flexibility index (Phi) is 2.82. The van der Waals surface area contributed by atoms with Crippen LogP contribution in [0, 0.1) is 6.92 Å². The van der Waals surface area contributed by atoms with E-state index in [0.29, 0.717) is 6.04 Å². The summed E-state index contributed by atoms with van der Waals surface area (Å²) in [6.07, 6.45) is -0.823. The Labute approximate surface area is 92.7 Å². The van der Waals surface area contributed by atoms with Crippen LogP contribution in [-0.4, -0.2) is 6.04 Å². The van der Waals surface area contributed by atoms with Crippen LogP contribution in [0.2, 0.25) is 0 Å². The Bertz CT molecular complexity index is 380. The fourth-order valence-corrected chi connectivity index (χ4v) is 1.86. The van der Waals surface area contributed by atoms with Crippen LogP contribution in [0.5, 0.6) is 0 Å². The largest absolute Gasteiger partial charge is 0.416 e. The highest BCUT2D eigenvalue weighted by Gasteiger charge is 2.32. The van der Waals surface area contributed by atoms with Gasteiger partial charge in [0.1, 0.15) is 0 Å². The van der Waals surface area contributed by atoms with Gasteiger partial charge in [0.2, 0.25) is 0 Å². The van der Waals surface area contributed by atoms with Gasteiger partial charge in [0.15, 0.2) is 0 Å². The van der Waals surface area contributed by atoms with E-state index < -0.39 is 11.7 Å². The molecule has 1 fully saturated rings. The summed E-state index contributed by atoms with van der Waals surface area (Å²) in [4.78, 5) is 0. The molecule has 1 nitrogen and oxygen atoms in total. The molecule has 0 saturated heterocycles. The third kappa shape index (κ3) is 2.31. The quantitative estimate of drug-likeness (QED) is 0.808. The lowest BCUT2D eigenvalue weighted by atomic mass is 9.93. The lowest BCUT2D eigenvalue weighted by molar-refractivity contribution is -0.138. The Morgan fingerprint density at radius 2 is 1.94 bits per heavy atom. The van der Waals surface area contributed by atoms with E-state index in [-0.39, 0.29) is 5.56 Å². The summed E-state index contributed by atoms with van der Waals surface area (Å²) in [5.74, 6) is 0. The normalized spacial score (nSPS) is 17.0. The second-order valence-electron chi connectivity index (χ2n) is 4.30. The zero-order chi connectivity index (χ0) is 11.8. The molecule has 88 valence electrons. The Morgan fingerprint density at radius 1 is 1.25 bits per heavy atom. The van der Waals surface area contributed by atoms with Crippen molar-refractivity contribution in [3.8, 4) is 0 Å². The number of halogens is 3. The van der Waals surface area contributed by atoms with Crippen LogP contribution in [0.1, 0.15) is 30.4 Å². The summed E-state index contributed by atoms with van der Waals surface area (Å²) in [7, 11) is 0. The highest BCUT2D eigenvalue weighted by atomic mass is 19.4. The summed E-state index contributed by atoms with van der Waals surface area (Å²) < 4.78 is 37.5. The second-order valence-corrected chi connectivity index (χ2v) is 4.30. The SMILES string of the molecule is Cc1cc(NC2CCC2)ccc1C(F)(F)F. The molecular weight excluding hydrogens is 215 g/mol. The van der Waals surface area contributed by atoms with Gasteiger partial charge in [0, 0.05) is 11.7 Å². The van der Waals surface area contributed by atoms with Crippen LogP contribution >= 0.6 is 0 Å². The van der Waals surface area contributed by atoms with Crippen molar-refractivity contribution in [1.29, 1.82) is 0 Å². The van der Waals surface area contributed by atoms with Crippen LogP contribution in [0.25, 0.3) is 0 Å². The molecular formula is C12H14F3N. The van der Waals surface area contributed by atoms with E-state index in [4.69, 9.17) is 0 Å². The minimum atomic E-state index is -4.25. The number of hydrogen-bond donors (Lipinski definition) is 1. The molecule has 2 rings (SSSR count). The first-order valence-electron chi connectivity index (χ1n) is 5.41. The van der Waals surface area contributed by atoms with Gasteiger partial charge in [-0.25, -0.2) is 0 Å². The summed E-state index contributed by atoms with van der Waals surface area (Å²) >= 11 is 0. The molecule has 0 bridgehead atoms. The molecule has 1 aromatic carbocycles. The number of aryl methyl sites for hydroxylation is 1. The molecule has 0 atom stereocenters. The van der Waals surface area contributed by atoms with Gasteiger partial charge in [-0.2, -0.15) is 13.2 Å². The van der Waals surface area contributed by atoms with Gasteiger partial charge in [-0.05, 0) is 49.9 Å². The van der Waals surface area contributed by atoms with Gasteiger partial charge < -0.3 is 5.32 Å². The van der Waals surface area contributed by atoms with Gasteiger partial charge in [-0.15, -0.1) is 0 Å². The summed E-state index contributed by atoms with van der Waals surface area (Å²) in [6.45, 7) is 1.49. The lowest BCUT2D eigenvalue weighted by Gasteiger charge is -2.27. The van der Waals surface area contributed by atoms with E-state index in [1.807, 2.05) is 0 Å². The van der Waals surface area contributed by atoms with Gasteiger partial charge in [-0.1, -0.05) is 0 Å². The van der Waals surface area contributed by atoms with E-state index in [9.17, 15) is 13.2 Å². The van der Waals surface area contributed by atoms with Crippen molar-refractivity contribution in [2.75, 3.05) is 5.32 Å². The highest BCUT2D eigenvalue weighted by molar-refractivity contribution is 5.50. The Morgan fingerprint density at radius 3 is 2.38 bits per heavy atom. The third-order valence-electron chi connectivity index (χ3n) is 3.01. The van der Waals surface area contributed by atoms with Gasteiger partial charge in [0.05, 0.1) is 5.56 Å². The third-order valence-corrected chi connectivity index (χ3v) is 3.01. The first kappa shape index (κ1) is 11.3. The summed E-state index contributed by atoms with van der Waals surface area (Å²) in [5.41, 5.74) is 0.513. The van der Waals surface area contributed by atoms with Crippen LogP contribution in [0.3, 0.4) is 0 Å². The number of rotatable bonds is 2. The van der Waals surface area contributed by atoms with Crippen LogP contribution in [0.4, 0.5) is 18.9 Å². The van der Waals surface area contributed by atoms with Gasteiger partial charge in [0.25, 0.3) is 0 Å². The molecule has 0 aliphatic heterocycles. The summed E-state index contributed by atoms with van der Waals surface area (Å²) in [5, 5.41) is 3.23. The average Bonchev–Trinajstić information content (AvgIpc) is 2.09. The summed E-state index contributed by atoms with van der Waals surface area (Å²) in [6, 6.07) is 4.67. The molecule has 0 unspecified atom stereocenters. The Balaban J connectivity index is 2.15. The van der Waals surface area contributed by atoms with Crippen molar-refractivity contribution in [3.63, 3.8) is 0 Å². The molecule has 16 heavy (non-hydrogen) atoms. The number of alkyl halides is 3. The van der Waals surface area contributed by atoms with Crippen LogP contribution in [0.15, 0.2) is 18.2 Å². The average molecular weight is 229 g/mol. The Hall–Kier alpha value is -1.19. The fourth-order valence-electron chi connectivity index (χ4n) is 1.86. The molecule has 1 aliphatic rings. The lowest BCUT2D eigenvalue weighted by Crippen LogP contribution is -2.27. The number of nitrogens with one attached hydrogen (secondary N) is 1. The fraction of sp³-hybridized carbons (Fsp3) is 0.500. The molecule has 4 heteroatoms. The van der Waals surface area contributed by atoms with E-state index in [1.165, 1.54) is 19.4 Å². The standard InChI is InChI=1S/C12H14F3N/c1-8-7-10(16-9-3-2-4-9)5-6-11(8)12(13,14)15/h5-7,9,16H,2-4H2,1H3. The zero-order valence-electron chi connectivity index (χ0n) is 9.06. The smallest absolute Gasteiger partial charge is 0.382 e. The van der Waals surface area contributed by atoms with Crippen LogP contribution in [-0.2, 0) is 6.18 Å². The molecule has 0 heterocycles. The first-order valence-corrected chi connectivity index (χ1v) is 5.41. The number of benzene rings is 1. The maximum atomic E-state index is 12.5. The topological polar surface area (TPSA) is 12.0 Å². The molecule has 0 aromatic heterocycles. The maximum absolute atomic E-state index is 12.5. The van der Waals surface area contributed by atoms with E-state index in [2.05, 4.69) is 5.32 Å². The molecule has 1 aliphatic carbocycles. The minimum Gasteiger partial charge on any atom is -0.382 e. The highest BCUT2D eigenvalue weighted by Crippen LogP contribution is 2.33. The number of anilines is 1. The van der Waals surface area contributed by atoms with Crippen LogP contribution < -0.4 is 5.32 Å². The van der Waals surface area contributed by atoms with Gasteiger partial charge >= 0.3 is 6.18 Å². The monoisotopic (exact) mass is 229 g/mol. The zero-order valence-corrected chi connectivity index (χ0v) is 9.06. The van der Waals surface area contributed by atoms with Crippen molar-refractivity contribution < 1.29 is 13.2 Å². The van der Waals surface area contributed by atoms with Crippen molar-refractivity contribution in [2.24, 2.45) is 0 Å². The second kappa shape index (κ2) is 4.00. The molecule has 0 amide bonds. The van der Waals surface area contributed by atoms with E-state index in [1.54, 1.807) is 6.07 Å². The number of hydrogen-bond acceptors (Lipinski definition) is 1. The maximum Gasteiger partial charge on any atom is 0.416 e. The molecule has 1 saturated carbocycles. The van der Waals surface area contributed by atoms with Crippen molar-refractivity contribution in [3.05, 3.63) is 29.3 Å². The molecule has 0 radical (unpaired) electrons. The van der Waals surface area contributed by atoms with Crippen molar-refractivity contribution in [1.82, 2.24) is 0 Å². The minimum absolute atomic E-state index is 0.275. The van der Waals surface area contributed by atoms with Crippen molar-refractivity contribution in [2.45, 2.75) is 38.4 Å². The van der Waals surface area contributed by atoms with Crippen molar-refractivity contribution >= 4 is 5.69 Å². The molecule has 1 aromatic rings. The predicted molar refractivity (Wildman–Crippen MR) is 57.4 cm³/mol. The van der Waals surface area contributed by atoms with E-state index in [0.717, 1.165) is 24.6 Å². The molecule has 1 N–H and O–H groups in total. The van der Waals surface area contributed by atoms with Gasteiger partial charge in [-0.3, -0.25) is 0 Å². The predicted octanol–water partition coefficient (Wildman–Crippen LogP) is 3.98.